The average Bonchev–Trinajstić information content (AvgIpc) is 3.35. The molecule has 1 unspecified atom stereocenters. The van der Waals surface area contributed by atoms with Gasteiger partial charge in [-0.2, -0.15) is 4.31 Å². The van der Waals surface area contributed by atoms with Crippen molar-refractivity contribution >= 4 is 34.5 Å². The Labute approximate surface area is 196 Å². The van der Waals surface area contributed by atoms with Crippen LogP contribution in [-0.2, 0) is 11.3 Å². The molecule has 4 nitrogen and oxygen atoms in total. The van der Waals surface area contributed by atoms with Crippen molar-refractivity contribution in [2.75, 3.05) is 19.6 Å². The highest BCUT2D eigenvalue weighted by Crippen LogP contribution is 2.47. The van der Waals surface area contributed by atoms with Gasteiger partial charge in [-0.05, 0) is 72.4 Å². The Morgan fingerprint density at radius 3 is 2.00 bits per heavy atom. The molecule has 1 aliphatic heterocycles. The molecular weight excluding hydrogens is 451 g/mol. The van der Waals surface area contributed by atoms with Crippen LogP contribution < -0.4 is 0 Å². The number of fused-ring (bicyclic) bond motifs is 2. The van der Waals surface area contributed by atoms with Crippen LogP contribution in [0.1, 0.15) is 42.9 Å². The molecule has 5 rings (SSSR count). The van der Waals surface area contributed by atoms with Crippen LogP contribution in [0.5, 0.6) is 0 Å². The zero-order valence-corrected chi connectivity index (χ0v) is 19.7. The average molecular weight is 479 g/mol. The predicted octanol–water partition coefficient (Wildman–Crippen LogP) is 5.64. The van der Waals surface area contributed by atoms with Gasteiger partial charge in [0.15, 0.2) is 0 Å². The number of nitrogens with zero attached hydrogens (tertiary/aromatic N) is 2. The summed E-state index contributed by atoms with van der Waals surface area (Å²) in [5.74, 6) is 1.77. The molecule has 4 atom stereocenters. The SMILES string of the molecule is O=S(O)N(CC1CN(C(c2ccc(Cl)cc2)c2ccc(Cl)cc2)C1)[C@@H]1C[C@H]2CC[C@@H]1C2. The van der Waals surface area contributed by atoms with Crippen molar-refractivity contribution in [3.8, 4) is 0 Å². The molecule has 2 aliphatic carbocycles. The van der Waals surface area contributed by atoms with Crippen LogP contribution in [0.4, 0.5) is 0 Å². The molecule has 0 aromatic heterocycles. The largest absolute Gasteiger partial charge is 0.294 e. The lowest BCUT2D eigenvalue weighted by atomic mass is 9.89. The third kappa shape index (κ3) is 4.59. The lowest BCUT2D eigenvalue weighted by Gasteiger charge is -2.47. The number of benzene rings is 2. The van der Waals surface area contributed by atoms with Gasteiger partial charge in [0.2, 0.25) is 11.3 Å². The van der Waals surface area contributed by atoms with Gasteiger partial charge in [-0.3, -0.25) is 9.45 Å². The first-order chi connectivity index (χ1) is 15.0. The van der Waals surface area contributed by atoms with Gasteiger partial charge in [-0.25, -0.2) is 4.21 Å². The summed E-state index contributed by atoms with van der Waals surface area (Å²) in [4.78, 5) is 2.44. The van der Waals surface area contributed by atoms with E-state index in [0.29, 0.717) is 18.4 Å². The number of halogens is 2. The van der Waals surface area contributed by atoms with Gasteiger partial charge in [0.05, 0.1) is 6.04 Å². The highest BCUT2D eigenvalue weighted by Gasteiger charge is 2.45. The van der Waals surface area contributed by atoms with Gasteiger partial charge in [-0.1, -0.05) is 53.9 Å². The van der Waals surface area contributed by atoms with Crippen LogP contribution in [-0.4, -0.2) is 43.6 Å². The molecule has 0 spiro atoms. The lowest BCUT2D eigenvalue weighted by molar-refractivity contribution is 0.0471. The first-order valence-electron chi connectivity index (χ1n) is 11.1. The van der Waals surface area contributed by atoms with Crippen LogP contribution in [0.15, 0.2) is 48.5 Å². The van der Waals surface area contributed by atoms with Gasteiger partial charge < -0.3 is 0 Å². The monoisotopic (exact) mass is 478 g/mol. The highest BCUT2D eigenvalue weighted by molar-refractivity contribution is 7.76. The first kappa shape index (κ1) is 21.9. The molecule has 7 heteroatoms. The third-order valence-electron chi connectivity index (χ3n) is 7.43. The predicted molar refractivity (Wildman–Crippen MR) is 127 cm³/mol. The summed E-state index contributed by atoms with van der Waals surface area (Å²) in [5.41, 5.74) is 2.39. The van der Waals surface area contributed by atoms with Crippen LogP contribution in [0.25, 0.3) is 0 Å². The minimum absolute atomic E-state index is 0.126. The molecule has 2 aromatic rings. The molecule has 1 N–H and O–H groups in total. The van der Waals surface area contributed by atoms with Gasteiger partial charge in [0, 0.05) is 35.7 Å². The Hall–Kier alpha value is -0.950. The Bertz CT molecular complexity index is 888. The molecular formula is C24H28Cl2N2O2S. The van der Waals surface area contributed by atoms with Gasteiger partial charge in [0.25, 0.3) is 0 Å². The third-order valence-corrected chi connectivity index (χ3v) is 8.76. The quantitative estimate of drug-likeness (QED) is 0.523. The molecule has 2 aromatic carbocycles. The van der Waals surface area contributed by atoms with E-state index >= 15 is 0 Å². The van der Waals surface area contributed by atoms with E-state index in [2.05, 4.69) is 29.2 Å². The van der Waals surface area contributed by atoms with Crippen molar-refractivity contribution in [2.45, 2.75) is 37.8 Å². The van der Waals surface area contributed by atoms with Crippen molar-refractivity contribution in [3.63, 3.8) is 0 Å². The maximum Gasteiger partial charge on any atom is 0.234 e. The maximum atomic E-state index is 12.2. The van der Waals surface area contributed by atoms with Crippen LogP contribution in [0.3, 0.4) is 0 Å². The van der Waals surface area contributed by atoms with Crippen LogP contribution >= 0.6 is 23.2 Å². The molecule has 2 saturated carbocycles. The van der Waals surface area contributed by atoms with E-state index < -0.39 is 11.3 Å². The normalized spacial score (nSPS) is 27.2. The van der Waals surface area contributed by atoms with E-state index in [1.807, 2.05) is 28.6 Å². The zero-order chi connectivity index (χ0) is 21.5. The number of hydrogen-bond acceptors (Lipinski definition) is 2. The van der Waals surface area contributed by atoms with E-state index in [0.717, 1.165) is 35.5 Å². The first-order valence-corrected chi connectivity index (χ1v) is 12.9. The molecule has 1 saturated heterocycles. The van der Waals surface area contributed by atoms with Crippen LogP contribution in [0, 0.1) is 17.8 Å². The fourth-order valence-corrected chi connectivity index (χ4v) is 7.05. The summed E-state index contributed by atoms with van der Waals surface area (Å²) in [6, 6.07) is 16.5. The molecule has 3 fully saturated rings. The zero-order valence-electron chi connectivity index (χ0n) is 17.4. The van der Waals surface area contributed by atoms with Gasteiger partial charge in [0.1, 0.15) is 0 Å². The van der Waals surface area contributed by atoms with E-state index in [1.54, 1.807) is 0 Å². The second-order valence-corrected chi connectivity index (χ2v) is 11.2. The second kappa shape index (κ2) is 9.12. The van der Waals surface area contributed by atoms with E-state index in [-0.39, 0.29) is 12.1 Å². The summed E-state index contributed by atoms with van der Waals surface area (Å²) in [5, 5.41) is 1.46. The van der Waals surface area contributed by atoms with Crippen LogP contribution in [0.2, 0.25) is 10.0 Å². The Morgan fingerprint density at radius 1 is 0.968 bits per heavy atom. The van der Waals surface area contributed by atoms with Gasteiger partial charge in [-0.15, -0.1) is 0 Å². The second-order valence-electron chi connectivity index (χ2n) is 9.40. The Kier molecular flexibility index (Phi) is 6.44. The topological polar surface area (TPSA) is 43.8 Å². The molecule has 166 valence electrons. The minimum Gasteiger partial charge on any atom is -0.294 e. The van der Waals surface area contributed by atoms with E-state index in [9.17, 15) is 8.76 Å². The molecule has 1 heterocycles. The lowest BCUT2D eigenvalue weighted by Crippen LogP contribution is -2.54. The Balaban J connectivity index is 1.29. The standard InChI is InChI=1S/C24H28Cl2N2O2S/c25-21-7-3-18(4-8-21)24(19-5-9-22(26)10-6-19)27-13-17(14-27)15-28(31(29)30)23-12-16-1-2-20(23)11-16/h3-10,16-17,20,23-24H,1-2,11-15H2,(H,29,30)/t16-,20+,23+/m0/s1. The summed E-state index contributed by atoms with van der Waals surface area (Å²) in [7, 11) is 0. The number of likely N-dealkylation sites (tertiary alicyclic amines) is 1. The fraction of sp³-hybridized carbons (Fsp3) is 0.500. The maximum absolute atomic E-state index is 12.2. The summed E-state index contributed by atoms with van der Waals surface area (Å²) in [6.07, 6.45) is 4.85. The van der Waals surface area contributed by atoms with Gasteiger partial charge >= 0.3 is 0 Å². The van der Waals surface area contributed by atoms with Crippen molar-refractivity contribution in [3.05, 3.63) is 69.7 Å². The van der Waals surface area contributed by atoms with E-state index in [1.165, 1.54) is 30.4 Å². The number of hydrogen-bond donors (Lipinski definition) is 1. The molecule has 2 bridgehead atoms. The summed E-state index contributed by atoms with van der Waals surface area (Å²) < 4.78 is 24.1. The molecule has 3 aliphatic rings. The molecule has 0 radical (unpaired) electrons. The highest BCUT2D eigenvalue weighted by atomic mass is 35.5. The fourth-order valence-electron chi connectivity index (χ4n) is 5.97. The summed E-state index contributed by atoms with van der Waals surface area (Å²) in [6.45, 7) is 2.51. The summed E-state index contributed by atoms with van der Waals surface area (Å²) >= 11 is 10.3. The van der Waals surface area contributed by atoms with Crippen molar-refractivity contribution in [1.29, 1.82) is 0 Å². The minimum atomic E-state index is -1.90. The smallest absolute Gasteiger partial charge is 0.234 e. The van der Waals surface area contributed by atoms with Crippen molar-refractivity contribution < 1.29 is 8.76 Å². The van der Waals surface area contributed by atoms with E-state index in [4.69, 9.17) is 23.2 Å². The van der Waals surface area contributed by atoms with Crippen molar-refractivity contribution in [2.24, 2.45) is 17.8 Å². The number of rotatable bonds is 7. The molecule has 0 amide bonds. The Morgan fingerprint density at radius 2 is 1.55 bits per heavy atom. The molecule has 31 heavy (non-hydrogen) atoms. The van der Waals surface area contributed by atoms with Crippen molar-refractivity contribution in [1.82, 2.24) is 9.21 Å².